The molecule has 3 heteroatoms. The average molecular weight is 267 g/mol. The Hall–Kier alpha value is -0.670. The second-order valence-corrected chi connectivity index (χ2v) is 8.08. The molecule has 1 aromatic carbocycles. The number of hydrogen-bond donors (Lipinski definition) is 1. The zero-order chi connectivity index (χ0) is 13.8. The van der Waals surface area contributed by atoms with Crippen molar-refractivity contribution in [1.29, 1.82) is 0 Å². The molecule has 0 bridgehead atoms. The molecule has 0 aliphatic carbocycles. The quantitative estimate of drug-likeness (QED) is 0.887. The van der Waals surface area contributed by atoms with E-state index in [0.29, 0.717) is 11.8 Å². The van der Waals surface area contributed by atoms with E-state index >= 15 is 0 Å². The van der Waals surface area contributed by atoms with E-state index in [1.807, 2.05) is 20.8 Å². The third kappa shape index (κ3) is 4.91. The van der Waals surface area contributed by atoms with Gasteiger partial charge >= 0.3 is 0 Å². The number of rotatable bonds is 5. The number of nitrogens with one attached hydrogen (secondary N) is 1. The van der Waals surface area contributed by atoms with Gasteiger partial charge in [-0.15, -0.1) is 0 Å². The van der Waals surface area contributed by atoms with Crippen LogP contribution in [0.4, 0.5) is 0 Å². The Bertz CT molecular complexity index is 409. The van der Waals surface area contributed by atoms with Crippen LogP contribution in [0.5, 0.6) is 0 Å². The monoisotopic (exact) mass is 267 g/mol. The highest BCUT2D eigenvalue weighted by Gasteiger charge is 2.18. The van der Waals surface area contributed by atoms with Crippen molar-refractivity contribution in [2.45, 2.75) is 45.4 Å². The van der Waals surface area contributed by atoms with Gasteiger partial charge in [-0.1, -0.05) is 29.8 Å². The highest BCUT2D eigenvalue weighted by atomic mass is 32.2. The molecule has 1 aromatic rings. The molecule has 2 atom stereocenters. The molecule has 0 saturated carbocycles. The molecule has 0 spiro atoms. The fraction of sp³-hybridized carbons (Fsp3) is 0.600. The largest absolute Gasteiger partial charge is 0.309 e. The zero-order valence-corrected chi connectivity index (χ0v) is 12.9. The minimum atomic E-state index is -0.777. The molecule has 0 aromatic heterocycles. The first-order chi connectivity index (χ1) is 8.30. The normalized spacial score (nSPS) is 15.4. The minimum absolute atomic E-state index is 0.117. The molecule has 102 valence electrons. The zero-order valence-electron chi connectivity index (χ0n) is 12.1. The summed E-state index contributed by atoms with van der Waals surface area (Å²) in [5, 5.41) is 3.44. The van der Waals surface area contributed by atoms with Crippen LogP contribution in [0.25, 0.3) is 0 Å². The Labute approximate surface area is 114 Å². The van der Waals surface area contributed by atoms with Crippen molar-refractivity contribution in [3.05, 3.63) is 35.4 Å². The maximum Gasteiger partial charge on any atom is 0.0375 e. The number of aryl methyl sites for hydroxylation is 1. The summed E-state index contributed by atoms with van der Waals surface area (Å²) in [4.78, 5) is 0. The second-order valence-electron chi connectivity index (χ2n) is 5.75. The lowest BCUT2D eigenvalue weighted by atomic mass is 10.1. The van der Waals surface area contributed by atoms with Gasteiger partial charge in [-0.05, 0) is 40.2 Å². The molecule has 0 amide bonds. The third-order valence-electron chi connectivity index (χ3n) is 2.96. The van der Waals surface area contributed by atoms with Gasteiger partial charge in [-0.3, -0.25) is 4.21 Å². The smallest absolute Gasteiger partial charge is 0.0375 e. The standard InChI is InChI=1S/C15H25NOS/c1-12-7-6-8-14(11-12)13(2)16-9-10-18(17)15(3,4)5/h6-8,11,13,16H,9-10H2,1-5H3/t13-,18+/m0/s1. The van der Waals surface area contributed by atoms with E-state index in [1.54, 1.807) is 0 Å². The van der Waals surface area contributed by atoms with E-state index in [0.717, 1.165) is 6.54 Å². The summed E-state index contributed by atoms with van der Waals surface area (Å²) in [6.07, 6.45) is 0. The molecule has 1 N–H and O–H groups in total. The lowest BCUT2D eigenvalue weighted by Gasteiger charge is -2.19. The summed E-state index contributed by atoms with van der Waals surface area (Å²) in [5.74, 6) is 0.708. The number of benzene rings is 1. The van der Waals surface area contributed by atoms with Crippen molar-refractivity contribution >= 4 is 10.8 Å². The summed E-state index contributed by atoms with van der Waals surface area (Å²) in [7, 11) is -0.777. The Morgan fingerprint density at radius 2 is 2.00 bits per heavy atom. The Balaban J connectivity index is 2.43. The predicted octanol–water partition coefficient (Wildman–Crippen LogP) is 3.19. The van der Waals surface area contributed by atoms with E-state index in [9.17, 15) is 4.21 Å². The van der Waals surface area contributed by atoms with Crippen LogP contribution < -0.4 is 5.32 Å². The SMILES string of the molecule is Cc1cccc([C@H](C)NCC[S@@](=O)C(C)(C)C)c1. The fourth-order valence-electron chi connectivity index (χ4n) is 1.73. The Kier molecular flexibility index (Phi) is 5.54. The van der Waals surface area contributed by atoms with E-state index < -0.39 is 10.8 Å². The molecule has 0 saturated heterocycles. The third-order valence-corrected chi connectivity index (χ3v) is 4.90. The van der Waals surface area contributed by atoms with Crippen LogP contribution in [0.3, 0.4) is 0 Å². The molecule has 0 unspecified atom stereocenters. The van der Waals surface area contributed by atoms with Crippen LogP contribution >= 0.6 is 0 Å². The average Bonchev–Trinajstić information content (AvgIpc) is 2.27. The van der Waals surface area contributed by atoms with Gasteiger partial charge in [0.05, 0.1) is 0 Å². The lowest BCUT2D eigenvalue weighted by molar-refractivity contribution is 0.591. The van der Waals surface area contributed by atoms with Crippen LogP contribution in [-0.2, 0) is 10.8 Å². The summed E-state index contributed by atoms with van der Waals surface area (Å²) in [6.45, 7) is 11.1. The Morgan fingerprint density at radius 3 is 2.56 bits per heavy atom. The van der Waals surface area contributed by atoms with Crippen molar-refractivity contribution in [3.63, 3.8) is 0 Å². The Morgan fingerprint density at radius 1 is 1.33 bits per heavy atom. The fourth-order valence-corrected chi connectivity index (χ4v) is 2.65. The van der Waals surface area contributed by atoms with Crippen LogP contribution in [-0.4, -0.2) is 21.3 Å². The highest BCUT2D eigenvalue weighted by molar-refractivity contribution is 7.86. The molecule has 18 heavy (non-hydrogen) atoms. The van der Waals surface area contributed by atoms with E-state index in [2.05, 4.69) is 43.4 Å². The summed E-state index contributed by atoms with van der Waals surface area (Å²) >= 11 is 0. The summed E-state index contributed by atoms with van der Waals surface area (Å²) in [6, 6.07) is 8.81. The van der Waals surface area contributed by atoms with Gasteiger partial charge in [0.15, 0.2) is 0 Å². The molecular weight excluding hydrogens is 242 g/mol. The van der Waals surface area contributed by atoms with Crippen LogP contribution in [0, 0.1) is 6.92 Å². The van der Waals surface area contributed by atoms with Gasteiger partial charge in [-0.2, -0.15) is 0 Å². The first kappa shape index (κ1) is 15.4. The maximum absolute atomic E-state index is 11.9. The maximum atomic E-state index is 11.9. The molecule has 0 aliphatic rings. The van der Waals surface area contributed by atoms with Gasteiger partial charge < -0.3 is 5.32 Å². The lowest BCUT2D eigenvalue weighted by Crippen LogP contribution is -2.30. The van der Waals surface area contributed by atoms with Crippen LogP contribution in [0.2, 0.25) is 0 Å². The van der Waals surface area contributed by atoms with Gasteiger partial charge in [0.2, 0.25) is 0 Å². The van der Waals surface area contributed by atoms with E-state index in [4.69, 9.17) is 0 Å². The van der Waals surface area contributed by atoms with Crippen molar-refractivity contribution < 1.29 is 4.21 Å². The molecule has 0 heterocycles. The van der Waals surface area contributed by atoms with Crippen LogP contribution in [0.1, 0.15) is 44.9 Å². The van der Waals surface area contributed by atoms with Gasteiger partial charge in [-0.25, -0.2) is 0 Å². The highest BCUT2D eigenvalue weighted by Crippen LogP contribution is 2.14. The molecule has 1 rings (SSSR count). The van der Waals surface area contributed by atoms with Gasteiger partial charge in [0.1, 0.15) is 0 Å². The van der Waals surface area contributed by atoms with Crippen molar-refractivity contribution in [2.75, 3.05) is 12.3 Å². The molecule has 2 nitrogen and oxygen atoms in total. The molecule has 0 aliphatic heterocycles. The first-order valence-corrected chi connectivity index (χ1v) is 7.81. The predicted molar refractivity (Wildman–Crippen MR) is 80.4 cm³/mol. The van der Waals surface area contributed by atoms with Gasteiger partial charge in [0, 0.05) is 33.9 Å². The minimum Gasteiger partial charge on any atom is -0.309 e. The van der Waals surface area contributed by atoms with Gasteiger partial charge in [0.25, 0.3) is 0 Å². The topological polar surface area (TPSA) is 29.1 Å². The summed E-state index contributed by atoms with van der Waals surface area (Å²) in [5.41, 5.74) is 2.57. The molecular formula is C15H25NOS. The summed E-state index contributed by atoms with van der Waals surface area (Å²) < 4.78 is 11.8. The second kappa shape index (κ2) is 6.48. The van der Waals surface area contributed by atoms with E-state index in [1.165, 1.54) is 11.1 Å². The molecule has 0 fully saturated rings. The van der Waals surface area contributed by atoms with Crippen molar-refractivity contribution in [2.24, 2.45) is 0 Å². The number of hydrogen-bond acceptors (Lipinski definition) is 2. The van der Waals surface area contributed by atoms with E-state index in [-0.39, 0.29) is 4.75 Å². The van der Waals surface area contributed by atoms with Crippen molar-refractivity contribution in [3.8, 4) is 0 Å². The van der Waals surface area contributed by atoms with Crippen molar-refractivity contribution in [1.82, 2.24) is 5.32 Å². The molecule has 0 radical (unpaired) electrons. The van der Waals surface area contributed by atoms with Crippen LogP contribution in [0.15, 0.2) is 24.3 Å². The first-order valence-electron chi connectivity index (χ1n) is 6.49.